The molecule has 1 aromatic heterocycles. The summed E-state index contributed by atoms with van der Waals surface area (Å²) in [6.45, 7) is 2.57. The van der Waals surface area contributed by atoms with E-state index in [4.69, 9.17) is 0 Å². The lowest BCUT2D eigenvalue weighted by Crippen LogP contribution is -2.50. The fourth-order valence-corrected chi connectivity index (χ4v) is 4.17. The highest BCUT2D eigenvalue weighted by Gasteiger charge is 2.27. The Kier molecular flexibility index (Phi) is 7.81. The first kappa shape index (κ1) is 24.7. The van der Waals surface area contributed by atoms with Crippen molar-refractivity contribution in [2.45, 2.75) is 6.04 Å². The van der Waals surface area contributed by atoms with Crippen molar-refractivity contribution in [3.8, 4) is 0 Å². The van der Waals surface area contributed by atoms with Crippen molar-refractivity contribution in [3.63, 3.8) is 0 Å². The Morgan fingerprint density at radius 2 is 1.81 bits per heavy atom. The van der Waals surface area contributed by atoms with Gasteiger partial charge in [0.1, 0.15) is 5.82 Å². The zero-order valence-corrected chi connectivity index (χ0v) is 19.3. The number of anilines is 2. The molecule has 1 aliphatic heterocycles. The maximum absolute atomic E-state index is 14.2. The van der Waals surface area contributed by atoms with Crippen LogP contribution in [-0.4, -0.2) is 59.3 Å². The zero-order chi connectivity index (χ0) is 25.5. The molecule has 10 nitrogen and oxygen atoms in total. The summed E-state index contributed by atoms with van der Waals surface area (Å²) in [6.07, 6.45) is 3.37. The summed E-state index contributed by atoms with van der Waals surface area (Å²) >= 11 is 0. The van der Waals surface area contributed by atoms with E-state index in [9.17, 15) is 24.1 Å². The predicted molar refractivity (Wildman–Crippen MR) is 132 cm³/mol. The van der Waals surface area contributed by atoms with Crippen LogP contribution in [0.25, 0.3) is 0 Å². The summed E-state index contributed by atoms with van der Waals surface area (Å²) in [5.74, 6) is -2.05. The number of pyridine rings is 1. The molecule has 0 aliphatic carbocycles. The number of carbonyl (C=O) groups is 2. The number of piperazine rings is 1. The van der Waals surface area contributed by atoms with Gasteiger partial charge in [0.2, 0.25) is 0 Å². The van der Waals surface area contributed by atoms with Crippen LogP contribution in [0.15, 0.2) is 73.1 Å². The van der Waals surface area contributed by atoms with Crippen LogP contribution in [-0.2, 0) is 9.59 Å². The van der Waals surface area contributed by atoms with E-state index in [0.717, 1.165) is 5.56 Å². The Balaban J connectivity index is 1.39. The SMILES string of the molecule is O=C(NCC(c1cccnc1)N1CCN(c2ccccc2F)CC1)C(=O)Nc1cccc([N+](=O)[O-])c1. The van der Waals surface area contributed by atoms with Gasteiger partial charge in [-0.05, 0) is 29.8 Å². The van der Waals surface area contributed by atoms with Crippen molar-refractivity contribution in [2.24, 2.45) is 0 Å². The second-order valence-corrected chi connectivity index (χ2v) is 8.25. The van der Waals surface area contributed by atoms with Crippen LogP contribution in [0.2, 0.25) is 0 Å². The zero-order valence-electron chi connectivity index (χ0n) is 19.3. The average molecular weight is 493 g/mol. The number of nitrogens with zero attached hydrogens (tertiary/aromatic N) is 4. The Morgan fingerprint density at radius 1 is 1.03 bits per heavy atom. The van der Waals surface area contributed by atoms with Gasteiger partial charge in [0.15, 0.2) is 0 Å². The number of rotatable bonds is 7. The number of para-hydroxylation sites is 1. The summed E-state index contributed by atoms with van der Waals surface area (Å²) in [5, 5.41) is 16.0. The first-order chi connectivity index (χ1) is 17.4. The van der Waals surface area contributed by atoms with Crippen LogP contribution >= 0.6 is 0 Å². The second-order valence-electron chi connectivity index (χ2n) is 8.25. The number of nitrogens with one attached hydrogen (secondary N) is 2. The lowest BCUT2D eigenvalue weighted by molar-refractivity contribution is -0.384. The van der Waals surface area contributed by atoms with Gasteiger partial charge in [0.05, 0.1) is 16.7 Å². The molecular weight excluding hydrogens is 467 g/mol. The number of carbonyl (C=O) groups excluding carboxylic acids is 2. The number of hydrogen-bond acceptors (Lipinski definition) is 7. The fraction of sp³-hybridized carbons (Fsp3) is 0.240. The molecule has 2 amide bonds. The number of non-ortho nitro benzene ring substituents is 1. The van der Waals surface area contributed by atoms with E-state index in [0.29, 0.717) is 31.9 Å². The number of halogens is 1. The van der Waals surface area contributed by atoms with Crippen LogP contribution in [0, 0.1) is 15.9 Å². The Morgan fingerprint density at radius 3 is 2.50 bits per heavy atom. The van der Waals surface area contributed by atoms with Gasteiger partial charge in [-0.25, -0.2) is 4.39 Å². The van der Waals surface area contributed by atoms with Crippen LogP contribution < -0.4 is 15.5 Å². The molecule has 0 saturated carbocycles. The molecule has 11 heteroatoms. The lowest BCUT2D eigenvalue weighted by atomic mass is 10.1. The molecule has 1 atom stereocenters. The topological polar surface area (TPSA) is 121 Å². The molecule has 1 saturated heterocycles. The van der Waals surface area contributed by atoms with Crippen molar-refractivity contribution in [3.05, 3.63) is 94.6 Å². The number of aromatic nitrogens is 1. The largest absolute Gasteiger partial charge is 0.367 e. The first-order valence-electron chi connectivity index (χ1n) is 11.4. The molecule has 2 N–H and O–H groups in total. The van der Waals surface area contributed by atoms with Gasteiger partial charge in [-0.1, -0.05) is 24.3 Å². The van der Waals surface area contributed by atoms with Crippen LogP contribution in [0.3, 0.4) is 0 Å². The van der Waals surface area contributed by atoms with Gasteiger partial charge in [0.25, 0.3) is 5.69 Å². The van der Waals surface area contributed by atoms with E-state index in [2.05, 4.69) is 20.5 Å². The van der Waals surface area contributed by atoms with Gasteiger partial charge < -0.3 is 15.5 Å². The van der Waals surface area contributed by atoms with Crippen LogP contribution in [0.1, 0.15) is 11.6 Å². The maximum Gasteiger partial charge on any atom is 0.313 e. The summed E-state index contributed by atoms with van der Waals surface area (Å²) in [5.41, 5.74) is 1.38. The molecule has 2 heterocycles. The minimum Gasteiger partial charge on any atom is -0.367 e. The van der Waals surface area contributed by atoms with Crippen LogP contribution in [0.4, 0.5) is 21.5 Å². The molecule has 1 aliphatic rings. The van der Waals surface area contributed by atoms with Gasteiger partial charge in [0, 0.05) is 62.9 Å². The van der Waals surface area contributed by atoms with Gasteiger partial charge in [-0.2, -0.15) is 0 Å². The molecule has 0 radical (unpaired) electrons. The van der Waals surface area contributed by atoms with E-state index >= 15 is 0 Å². The molecule has 0 bridgehead atoms. The van der Waals surface area contributed by atoms with E-state index in [1.165, 1.54) is 30.3 Å². The number of benzene rings is 2. The predicted octanol–water partition coefficient (Wildman–Crippen LogP) is 2.75. The highest BCUT2D eigenvalue weighted by Crippen LogP contribution is 2.25. The van der Waals surface area contributed by atoms with E-state index in [1.807, 2.05) is 11.0 Å². The van der Waals surface area contributed by atoms with E-state index in [1.54, 1.807) is 36.7 Å². The molecule has 2 aromatic carbocycles. The van der Waals surface area contributed by atoms with Gasteiger partial charge >= 0.3 is 11.8 Å². The molecule has 186 valence electrons. The highest BCUT2D eigenvalue weighted by atomic mass is 19.1. The summed E-state index contributed by atoms with van der Waals surface area (Å²) in [6, 6.07) is 15.5. The number of hydrogen-bond donors (Lipinski definition) is 2. The third kappa shape index (κ3) is 5.99. The van der Waals surface area contributed by atoms with Crippen molar-refractivity contribution < 1.29 is 18.9 Å². The molecule has 0 spiro atoms. The third-order valence-corrected chi connectivity index (χ3v) is 5.99. The molecule has 1 unspecified atom stereocenters. The molecular formula is C25H25FN6O4. The minimum atomic E-state index is -0.926. The Hall–Kier alpha value is -4.38. The standard InChI is InChI=1S/C25H25FN6O4/c26-21-8-1-2-9-22(21)30-11-13-31(14-12-30)23(18-5-4-10-27-16-18)17-28-24(33)25(34)29-19-6-3-7-20(15-19)32(35)36/h1-10,15-16,23H,11-14,17H2,(H,28,33)(H,29,34). The molecule has 1 fully saturated rings. The second kappa shape index (κ2) is 11.4. The van der Waals surface area contributed by atoms with Crippen molar-refractivity contribution in [2.75, 3.05) is 42.9 Å². The highest BCUT2D eigenvalue weighted by molar-refractivity contribution is 6.39. The smallest absolute Gasteiger partial charge is 0.313 e. The van der Waals surface area contributed by atoms with Crippen molar-refractivity contribution in [1.29, 1.82) is 0 Å². The lowest BCUT2D eigenvalue weighted by Gasteiger charge is -2.40. The summed E-state index contributed by atoms with van der Waals surface area (Å²) in [7, 11) is 0. The Labute approximate surface area is 206 Å². The average Bonchev–Trinajstić information content (AvgIpc) is 2.90. The van der Waals surface area contributed by atoms with Crippen molar-refractivity contribution in [1.82, 2.24) is 15.2 Å². The van der Waals surface area contributed by atoms with Gasteiger partial charge in [-0.15, -0.1) is 0 Å². The number of amides is 2. The third-order valence-electron chi connectivity index (χ3n) is 5.99. The quantitative estimate of drug-likeness (QED) is 0.296. The normalized spacial score (nSPS) is 14.6. The monoisotopic (exact) mass is 492 g/mol. The maximum atomic E-state index is 14.2. The first-order valence-corrected chi connectivity index (χ1v) is 11.4. The Bertz CT molecular complexity index is 1230. The fourth-order valence-electron chi connectivity index (χ4n) is 4.17. The molecule has 36 heavy (non-hydrogen) atoms. The summed E-state index contributed by atoms with van der Waals surface area (Å²) < 4.78 is 14.2. The van der Waals surface area contributed by atoms with Crippen LogP contribution in [0.5, 0.6) is 0 Å². The van der Waals surface area contributed by atoms with Crippen molar-refractivity contribution >= 4 is 28.9 Å². The number of nitro benzene ring substituents is 1. The molecule has 3 aromatic rings. The van der Waals surface area contributed by atoms with Gasteiger partial charge in [-0.3, -0.25) is 29.6 Å². The van der Waals surface area contributed by atoms with E-state index in [-0.39, 0.29) is 29.8 Å². The minimum absolute atomic E-state index is 0.145. The van der Waals surface area contributed by atoms with E-state index < -0.39 is 16.7 Å². The summed E-state index contributed by atoms with van der Waals surface area (Å²) in [4.78, 5) is 43.6. The molecule has 4 rings (SSSR count). The number of nitro groups is 1.